The Kier molecular flexibility index (Phi) is 5.80. The first-order valence-corrected chi connectivity index (χ1v) is 4.60. The molecule has 8 heteroatoms. The van der Waals surface area contributed by atoms with Crippen molar-refractivity contribution in [2.75, 3.05) is 13.6 Å². The monoisotopic (exact) mass is 228 g/mol. The molecule has 0 bridgehead atoms. The van der Waals surface area contributed by atoms with Gasteiger partial charge in [-0.1, -0.05) is 0 Å². The first kappa shape index (κ1) is 14.1. The van der Waals surface area contributed by atoms with Crippen molar-refractivity contribution in [3.05, 3.63) is 0 Å². The lowest BCUT2D eigenvalue weighted by Crippen LogP contribution is -2.32. The van der Waals surface area contributed by atoms with Gasteiger partial charge in [-0.25, -0.2) is 10.2 Å². The van der Waals surface area contributed by atoms with Gasteiger partial charge in [-0.05, 0) is 31.2 Å². The van der Waals surface area contributed by atoms with Gasteiger partial charge >= 0.3 is 6.09 Å². The van der Waals surface area contributed by atoms with Gasteiger partial charge in [0.25, 0.3) is 0 Å². The highest BCUT2D eigenvalue weighted by Crippen LogP contribution is 2.06. The van der Waals surface area contributed by atoms with E-state index in [0.29, 0.717) is 0 Å². The van der Waals surface area contributed by atoms with E-state index in [0.717, 1.165) is 5.12 Å². The molecule has 0 fully saturated rings. The van der Waals surface area contributed by atoms with Gasteiger partial charge in [0.15, 0.2) is 0 Å². The molecule has 0 aromatic rings. The van der Waals surface area contributed by atoms with Crippen LogP contribution in [0.2, 0.25) is 0 Å². The predicted octanol–water partition coefficient (Wildman–Crippen LogP) is 0.753. The van der Waals surface area contributed by atoms with Crippen molar-refractivity contribution >= 4 is 6.09 Å². The van der Waals surface area contributed by atoms with E-state index in [4.69, 9.17) is 10.00 Å². The summed E-state index contributed by atoms with van der Waals surface area (Å²) in [4.78, 5) is 11.1. The second-order valence-electron chi connectivity index (χ2n) is 3.74. The fourth-order valence-corrected chi connectivity index (χ4v) is 0.640. The Labute approximate surface area is 94.2 Å². The van der Waals surface area contributed by atoms with E-state index in [9.17, 15) is 4.79 Å². The van der Waals surface area contributed by atoms with E-state index in [-0.39, 0.29) is 6.54 Å². The maximum absolute atomic E-state index is 11.1. The Morgan fingerprint density at radius 3 is 2.62 bits per heavy atom. The van der Waals surface area contributed by atoms with Crippen LogP contribution in [0.3, 0.4) is 0 Å². The first-order valence-electron chi connectivity index (χ1n) is 4.60. The molecule has 0 aliphatic carbocycles. The number of rotatable bonds is 4. The molecule has 2 N–H and O–H groups in total. The summed E-state index contributed by atoms with van der Waals surface area (Å²) in [5.74, 6) is 0. The number of nitrogens with one attached hydrogen (secondary N) is 2. The van der Waals surface area contributed by atoms with Crippen LogP contribution in [0.5, 0.6) is 0 Å². The fourth-order valence-electron chi connectivity index (χ4n) is 0.640. The summed E-state index contributed by atoms with van der Waals surface area (Å²) in [6, 6.07) is 1.86. The van der Waals surface area contributed by atoms with Crippen molar-refractivity contribution in [2.45, 2.75) is 26.4 Å². The van der Waals surface area contributed by atoms with Crippen molar-refractivity contribution < 1.29 is 9.53 Å². The SMILES string of the molecule is CNN(CC#N)/N=N\NC(=O)OC(C)(C)C. The van der Waals surface area contributed by atoms with Crippen molar-refractivity contribution in [1.29, 1.82) is 5.26 Å². The van der Waals surface area contributed by atoms with Crippen LogP contribution in [-0.2, 0) is 4.74 Å². The minimum atomic E-state index is -0.704. The molecule has 0 saturated carbocycles. The van der Waals surface area contributed by atoms with Gasteiger partial charge in [0, 0.05) is 7.05 Å². The normalized spacial score (nSPS) is 10.9. The number of hydrogen-bond donors (Lipinski definition) is 2. The molecule has 8 nitrogen and oxygen atoms in total. The number of hydrogen-bond acceptors (Lipinski definition) is 6. The zero-order chi connectivity index (χ0) is 12.6. The molecule has 0 aromatic carbocycles. The summed E-state index contributed by atoms with van der Waals surface area (Å²) in [5, 5.41) is 16.4. The highest BCUT2D eigenvalue weighted by molar-refractivity contribution is 5.66. The van der Waals surface area contributed by atoms with Crippen LogP contribution in [0.15, 0.2) is 10.4 Å². The summed E-state index contributed by atoms with van der Waals surface area (Å²) in [7, 11) is 1.57. The molecular formula is C8H16N6O2. The number of nitrogens with zero attached hydrogens (tertiary/aromatic N) is 4. The second-order valence-corrected chi connectivity index (χ2v) is 3.74. The zero-order valence-corrected chi connectivity index (χ0v) is 9.81. The van der Waals surface area contributed by atoms with Crippen LogP contribution in [-0.4, -0.2) is 30.4 Å². The minimum Gasteiger partial charge on any atom is -0.443 e. The van der Waals surface area contributed by atoms with E-state index in [1.165, 1.54) is 0 Å². The minimum absolute atomic E-state index is 0.00992. The molecule has 0 atom stereocenters. The van der Waals surface area contributed by atoms with Crippen LogP contribution in [0, 0.1) is 11.3 Å². The lowest BCUT2D eigenvalue weighted by molar-refractivity contribution is 0.0516. The summed E-state index contributed by atoms with van der Waals surface area (Å²) < 4.78 is 4.91. The van der Waals surface area contributed by atoms with Gasteiger partial charge in [0.2, 0.25) is 0 Å². The topological polar surface area (TPSA) is 102 Å². The fraction of sp³-hybridized carbons (Fsp3) is 0.750. The Balaban J connectivity index is 4.00. The number of carbonyl (C=O) groups excluding carboxylic acids is 1. The Hall–Kier alpha value is -1.88. The molecule has 0 radical (unpaired) electrons. The van der Waals surface area contributed by atoms with Crippen molar-refractivity contribution in [1.82, 2.24) is 16.0 Å². The van der Waals surface area contributed by atoms with Crippen LogP contribution < -0.4 is 10.9 Å². The van der Waals surface area contributed by atoms with Crippen LogP contribution >= 0.6 is 0 Å². The van der Waals surface area contributed by atoms with E-state index < -0.39 is 11.7 Å². The second kappa shape index (κ2) is 6.58. The third-order valence-electron chi connectivity index (χ3n) is 1.17. The molecule has 90 valence electrons. The number of nitriles is 1. The molecule has 0 heterocycles. The van der Waals surface area contributed by atoms with E-state index >= 15 is 0 Å². The quantitative estimate of drug-likeness (QED) is 0.420. The molecule has 0 spiro atoms. The van der Waals surface area contributed by atoms with E-state index in [2.05, 4.69) is 21.3 Å². The maximum Gasteiger partial charge on any atom is 0.429 e. The summed E-state index contributed by atoms with van der Waals surface area (Å²) in [5.41, 5.74) is 4.06. The van der Waals surface area contributed by atoms with Gasteiger partial charge in [0.1, 0.15) is 12.1 Å². The average molecular weight is 228 g/mol. The van der Waals surface area contributed by atoms with Gasteiger partial charge in [-0.2, -0.15) is 15.8 Å². The van der Waals surface area contributed by atoms with Crippen molar-refractivity contribution in [2.24, 2.45) is 10.4 Å². The molecule has 0 saturated heterocycles. The molecule has 0 aliphatic rings. The number of amides is 1. The maximum atomic E-state index is 11.1. The van der Waals surface area contributed by atoms with Crippen LogP contribution in [0.1, 0.15) is 20.8 Å². The molecule has 1 amide bonds. The lowest BCUT2D eigenvalue weighted by Gasteiger charge is -2.18. The van der Waals surface area contributed by atoms with E-state index in [1.807, 2.05) is 6.07 Å². The summed E-state index contributed by atoms with van der Waals surface area (Å²) in [6.07, 6.45) is -0.704. The number of ether oxygens (including phenoxy) is 1. The van der Waals surface area contributed by atoms with Crippen LogP contribution in [0.4, 0.5) is 4.79 Å². The average Bonchev–Trinajstić information content (AvgIpc) is 2.13. The predicted molar refractivity (Wildman–Crippen MR) is 55.6 cm³/mol. The smallest absolute Gasteiger partial charge is 0.429 e. The first-order chi connectivity index (χ1) is 7.39. The summed E-state index contributed by atoms with van der Waals surface area (Å²) in [6.45, 7) is 5.22. The molecule has 0 rings (SSSR count). The van der Waals surface area contributed by atoms with Gasteiger partial charge in [0.05, 0.1) is 6.07 Å². The highest BCUT2D eigenvalue weighted by Gasteiger charge is 2.15. The lowest BCUT2D eigenvalue weighted by atomic mass is 10.2. The Bertz CT molecular complexity index is 290. The van der Waals surface area contributed by atoms with Crippen molar-refractivity contribution in [3.8, 4) is 6.07 Å². The standard InChI is InChI=1S/C8H16N6O2/c1-8(2,3)16-7(15)11-12-13-14(10-4)6-5-9/h10H,6H2,1-4H3,(H,11,13,15). The van der Waals surface area contributed by atoms with Crippen molar-refractivity contribution in [3.63, 3.8) is 0 Å². The zero-order valence-electron chi connectivity index (χ0n) is 9.81. The van der Waals surface area contributed by atoms with Gasteiger partial charge < -0.3 is 4.74 Å². The molecule has 0 unspecified atom stereocenters. The Morgan fingerprint density at radius 1 is 1.56 bits per heavy atom. The molecular weight excluding hydrogens is 212 g/mol. The molecule has 0 aromatic heterocycles. The van der Waals surface area contributed by atoms with Crippen LogP contribution in [0.25, 0.3) is 0 Å². The molecule has 16 heavy (non-hydrogen) atoms. The third kappa shape index (κ3) is 7.52. The molecule has 0 aliphatic heterocycles. The summed E-state index contributed by atoms with van der Waals surface area (Å²) >= 11 is 0. The largest absolute Gasteiger partial charge is 0.443 e. The number of carbonyl (C=O) groups is 1. The Morgan fingerprint density at radius 2 is 2.19 bits per heavy atom. The van der Waals surface area contributed by atoms with E-state index in [1.54, 1.807) is 27.8 Å². The van der Waals surface area contributed by atoms with Gasteiger partial charge in [-0.3, -0.25) is 0 Å². The van der Waals surface area contributed by atoms with Gasteiger partial charge in [-0.15, -0.1) is 0 Å². The third-order valence-corrected chi connectivity index (χ3v) is 1.17. The number of hydrazine groups is 1. The highest BCUT2D eigenvalue weighted by atomic mass is 16.6.